The number of pyridine rings is 1. The van der Waals surface area contributed by atoms with Gasteiger partial charge in [-0.25, -0.2) is 0 Å². The van der Waals surface area contributed by atoms with Crippen molar-refractivity contribution in [3.63, 3.8) is 0 Å². The summed E-state index contributed by atoms with van der Waals surface area (Å²) < 4.78 is 5.89. The van der Waals surface area contributed by atoms with Crippen LogP contribution in [0.1, 0.15) is 30.9 Å². The number of fused-ring (bicyclic) bond motifs is 1. The van der Waals surface area contributed by atoms with Crippen molar-refractivity contribution in [2.75, 3.05) is 37.7 Å². The minimum absolute atomic E-state index is 0.283. The molecule has 6 heteroatoms. The van der Waals surface area contributed by atoms with E-state index in [4.69, 9.17) is 16.3 Å². The molecule has 2 heterocycles. The molecule has 4 rings (SSSR count). The van der Waals surface area contributed by atoms with Crippen LogP contribution in [0.15, 0.2) is 48.7 Å². The molecule has 1 N–H and O–H groups in total. The molecular formula is C25H30ClN3O2. The molecule has 0 atom stereocenters. The van der Waals surface area contributed by atoms with Gasteiger partial charge >= 0.3 is 0 Å². The van der Waals surface area contributed by atoms with Crippen LogP contribution in [0.2, 0.25) is 5.02 Å². The Morgan fingerprint density at radius 2 is 1.90 bits per heavy atom. The molecule has 0 saturated carbocycles. The average molecular weight is 440 g/mol. The lowest BCUT2D eigenvalue weighted by Gasteiger charge is -2.36. The van der Waals surface area contributed by atoms with Gasteiger partial charge in [0.1, 0.15) is 11.3 Å². The molecule has 0 bridgehead atoms. The summed E-state index contributed by atoms with van der Waals surface area (Å²) in [7, 11) is 0. The number of halogens is 1. The van der Waals surface area contributed by atoms with Crippen molar-refractivity contribution < 1.29 is 9.84 Å². The van der Waals surface area contributed by atoms with Crippen molar-refractivity contribution in [1.82, 2.24) is 9.88 Å². The number of phenolic OH excluding ortho intramolecular Hbond substituents is 1. The Hall–Kier alpha value is -2.34. The van der Waals surface area contributed by atoms with E-state index in [1.165, 1.54) is 0 Å². The second-order valence-corrected chi connectivity index (χ2v) is 8.53. The van der Waals surface area contributed by atoms with Crippen molar-refractivity contribution >= 4 is 28.2 Å². The normalized spacial score (nSPS) is 15.0. The van der Waals surface area contributed by atoms with Gasteiger partial charge in [0, 0.05) is 67.2 Å². The van der Waals surface area contributed by atoms with Gasteiger partial charge in [-0.05, 0) is 42.3 Å². The molecule has 5 nitrogen and oxygen atoms in total. The number of piperazine rings is 1. The standard InChI is InChI=1S/C25H30ClN3O2/c1-2-3-14-31-18-20-15-19(25(30)24-23(20)8-5-9-27-24)17-28-10-12-29(13-11-28)22-7-4-6-21(26)16-22/h4-9,15-16,30H,2-3,10-14,17-18H2,1H3. The molecule has 3 aromatic rings. The second-order valence-electron chi connectivity index (χ2n) is 8.09. The fraction of sp³-hybridized carbons (Fsp3) is 0.400. The maximum absolute atomic E-state index is 10.9. The van der Waals surface area contributed by atoms with Gasteiger partial charge in [-0.3, -0.25) is 9.88 Å². The summed E-state index contributed by atoms with van der Waals surface area (Å²) in [6.45, 7) is 7.86. The largest absolute Gasteiger partial charge is 0.505 e. The summed E-state index contributed by atoms with van der Waals surface area (Å²) in [5.74, 6) is 0.283. The summed E-state index contributed by atoms with van der Waals surface area (Å²) >= 11 is 6.15. The highest BCUT2D eigenvalue weighted by Crippen LogP contribution is 2.32. The topological polar surface area (TPSA) is 48.8 Å². The molecule has 0 unspecified atom stereocenters. The molecule has 2 aromatic carbocycles. The van der Waals surface area contributed by atoms with Gasteiger partial charge in [0.05, 0.1) is 6.61 Å². The van der Waals surface area contributed by atoms with Crippen LogP contribution in [0.4, 0.5) is 5.69 Å². The summed E-state index contributed by atoms with van der Waals surface area (Å²) in [5.41, 5.74) is 3.82. The predicted octanol–water partition coefficient (Wildman–Crippen LogP) is 5.23. The van der Waals surface area contributed by atoms with Gasteiger partial charge < -0.3 is 14.7 Å². The van der Waals surface area contributed by atoms with Crippen molar-refractivity contribution in [2.24, 2.45) is 0 Å². The Kier molecular flexibility index (Phi) is 7.28. The monoisotopic (exact) mass is 439 g/mol. The van der Waals surface area contributed by atoms with Gasteiger partial charge in [-0.2, -0.15) is 0 Å². The van der Waals surface area contributed by atoms with E-state index < -0.39 is 0 Å². The van der Waals surface area contributed by atoms with Crippen LogP contribution in [0.5, 0.6) is 5.75 Å². The highest BCUT2D eigenvalue weighted by Gasteiger charge is 2.20. The molecular weight excluding hydrogens is 410 g/mol. The van der Waals surface area contributed by atoms with Crippen molar-refractivity contribution in [1.29, 1.82) is 0 Å². The zero-order valence-corrected chi connectivity index (χ0v) is 18.8. The molecule has 0 aliphatic carbocycles. The van der Waals surface area contributed by atoms with Gasteiger partial charge in [0.2, 0.25) is 0 Å². The van der Waals surface area contributed by atoms with E-state index in [-0.39, 0.29) is 5.75 Å². The first kappa shape index (κ1) is 21.9. The van der Waals surface area contributed by atoms with E-state index in [1.807, 2.05) is 30.3 Å². The van der Waals surface area contributed by atoms with E-state index in [1.54, 1.807) is 6.20 Å². The van der Waals surface area contributed by atoms with E-state index >= 15 is 0 Å². The molecule has 0 amide bonds. The van der Waals surface area contributed by atoms with Gasteiger partial charge in [0.25, 0.3) is 0 Å². The van der Waals surface area contributed by atoms with Crippen molar-refractivity contribution in [3.8, 4) is 5.75 Å². The lowest BCUT2D eigenvalue weighted by molar-refractivity contribution is 0.119. The van der Waals surface area contributed by atoms with E-state index in [0.29, 0.717) is 18.7 Å². The SMILES string of the molecule is CCCCOCc1cc(CN2CCN(c3cccc(Cl)c3)CC2)c(O)c2ncccc12. The number of hydrogen-bond acceptors (Lipinski definition) is 5. The lowest BCUT2D eigenvalue weighted by atomic mass is 10.0. The Bertz CT molecular complexity index is 1020. The third-order valence-electron chi connectivity index (χ3n) is 5.87. The van der Waals surface area contributed by atoms with E-state index in [2.05, 4.69) is 33.8 Å². The number of aromatic hydroxyl groups is 1. The number of rotatable bonds is 8. The number of nitrogens with zero attached hydrogens (tertiary/aromatic N) is 3. The number of ether oxygens (including phenoxy) is 1. The number of benzene rings is 2. The number of anilines is 1. The minimum Gasteiger partial charge on any atom is -0.505 e. The molecule has 1 fully saturated rings. The van der Waals surface area contributed by atoms with E-state index in [9.17, 15) is 5.11 Å². The summed E-state index contributed by atoms with van der Waals surface area (Å²) in [4.78, 5) is 9.19. The Labute approximate surface area is 189 Å². The van der Waals surface area contributed by atoms with Gasteiger partial charge in [-0.1, -0.05) is 37.1 Å². The van der Waals surface area contributed by atoms with Gasteiger partial charge in [0.15, 0.2) is 0 Å². The second kappa shape index (κ2) is 10.3. The molecule has 1 aliphatic heterocycles. The number of aromatic nitrogens is 1. The quantitative estimate of drug-likeness (QED) is 0.487. The smallest absolute Gasteiger partial charge is 0.146 e. The summed E-state index contributed by atoms with van der Waals surface area (Å²) in [6.07, 6.45) is 3.90. The summed E-state index contributed by atoms with van der Waals surface area (Å²) in [6, 6.07) is 14.0. The molecule has 1 aromatic heterocycles. The molecule has 0 spiro atoms. The molecule has 1 aliphatic rings. The third-order valence-corrected chi connectivity index (χ3v) is 6.11. The molecule has 31 heavy (non-hydrogen) atoms. The number of unbranched alkanes of at least 4 members (excludes halogenated alkanes) is 1. The Morgan fingerprint density at radius 3 is 2.68 bits per heavy atom. The maximum Gasteiger partial charge on any atom is 0.146 e. The van der Waals surface area contributed by atoms with Crippen LogP contribution in [0.3, 0.4) is 0 Å². The Morgan fingerprint density at radius 1 is 1.06 bits per heavy atom. The fourth-order valence-corrected chi connectivity index (χ4v) is 4.29. The highest BCUT2D eigenvalue weighted by molar-refractivity contribution is 6.30. The van der Waals surface area contributed by atoms with Crippen LogP contribution in [0, 0.1) is 0 Å². The predicted molar refractivity (Wildman–Crippen MR) is 127 cm³/mol. The van der Waals surface area contributed by atoms with E-state index in [0.717, 1.165) is 72.9 Å². The fourth-order valence-electron chi connectivity index (χ4n) is 4.11. The van der Waals surface area contributed by atoms with Crippen LogP contribution < -0.4 is 4.90 Å². The summed E-state index contributed by atoms with van der Waals surface area (Å²) in [5, 5.41) is 12.6. The lowest BCUT2D eigenvalue weighted by Crippen LogP contribution is -2.46. The van der Waals surface area contributed by atoms with Crippen LogP contribution in [0.25, 0.3) is 10.9 Å². The highest BCUT2D eigenvalue weighted by atomic mass is 35.5. The first-order valence-corrected chi connectivity index (χ1v) is 11.4. The number of hydrogen-bond donors (Lipinski definition) is 1. The van der Waals surface area contributed by atoms with Crippen LogP contribution in [-0.2, 0) is 17.9 Å². The zero-order valence-electron chi connectivity index (χ0n) is 18.1. The first-order chi connectivity index (χ1) is 15.2. The third kappa shape index (κ3) is 5.29. The van der Waals surface area contributed by atoms with Crippen LogP contribution in [-0.4, -0.2) is 47.8 Å². The molecule has 0 radical (unpaired) electrons. The van der Waals surface area contributed by atoms with Crippen LogP contribution >= 0.6 is 11.6 Å². The van der Waals surface area contributed by atoms with Crippen molar-refractivity contribution in [3.05, 3.63) is 64.8 Å². The average Bonchev–Trinajstić information content (AvgIpc) is 2.80. The first-order valence-electron chi connectivity index (χ1n) is 11.0. The molecule has 164 valence electrons. The number of phenols is 1. The minimum atomic E-state index is 0.283. The maximum atomic E-state index is 10.9. The van der Waals surface area contributed by atoms with Gasteiger partial charge in [-0.15, -0.1) is 0 Å². The zero-order chi connectivity index (χ0) is 21.6. The van der Waals surface area contributed by atoms with Crippen molar-refractivity contribution in [2.45, 2.75) is 32.9 Å². The molecule has 1 saturated heterocycles. The Balaban J connectivity index is 1.47.